The first kappa shape index (κ1) is 16.5. The number of benzene rings is 1. The zero-order chi connectivity index (χ0) is 15.3. The van der Waals surface area contributed by atoms with Crippen molar-refractivity contribution in [2.75, 3.05) is 6.61 Å². The summed E-state index contributed by atoms with van der Waals surface area (Å²) in [6.07, 6.45) is -0.521. The standard InChI is InChI=1S/C14H18F3O3P/c15-14(16,17)11-19-21(18,13-9-5-2-6-10-13)20-12-7-3-1-4-8-12/h2,5-6,9-10,12H,1,3-4,7-8,11H2. The lowest BCUT2D eigenvalue weighted by atomic mass is 9.98. The number of halogens is 3. The van der Waals surface area contributed by atoms with Crippen molar-refractivity contribution < 1.29 is 26.8 Å². The maximum Gasteiger partial charge on any atom is 0.412 e. The number of hydrogen-bond acceptors (Lipinski definition) is 3. The highest BCUT2D eigenvalue weighted by atomic mass is 31.2. The largest absolute Gasteiger partial charge is 0.412 e. The summed E-state index contributed by atoms with van der Waals surface area (Å²) in [4.78, 5) is 0. The first-order valence-electron chi connectivity index (χ1n) is 6.94. The predicted octanol–water partition coefficient (Wildman–Crippen LogP) is 4.43. The molecule has 1 fully saturated rings. The van der Waals surface area contributed by atoms with E-state index in [4.69, 9.17) is 9.05 Å². The highest BCUT2D eigenvalue weighted by Crippen LogP contribution is 2.50. The molecular weight excluding hydrogens is 304 g/mol. The summed E-state index contributed by atoms with van der Waals surface area (Å²) in [5.41, 5.74) is 0. The summed E-state index contributed by atoms with van der Waals surface area (Å²) in [6.45, 7) is -1.58. The number of hydrogen-bond donors (Lipinski definition) is 0. The second-order valence-corrected chi connectivity index (χ2v) is 7.07. The van der Waals surface area contributed by atoms with Gasteiger partial charge in [0.2, 0.25) is 0 Å². The van der Waals surface area contributed by atoms with Gasteiger partial charge < -0.3 is 4.52 Å². The van der Waals surface area contributed by atoms with Crippen molar-refractivity contribution in [3.8, 4) is 0 Å². The van der Waals surface area contributed by atoms with Crippen LogP contribution in [0.15, 0.2) is 30.3 Å². The van der Waals surface area contributed by atoms with Gasteiger partial charge in [-0.05, 0) is 25.0 Å². The van der Waals surface area contributed by atoms with Crippen LogP contribution in [0, 0.1) is 0 Å². The Morgan fingerprint density at radius 2 is 1.71 bits per heavy atom. The fourth-order valence-electron chi connectivity index (χ4n) is 2.30. The Balaban J connectivity index is 2.15. The Morgan fingerprint density at radius 3 is 2.29 bits per heavy atom. The molecule has 0 bridgehead atoms. The highest BCUT2D eigenvalue weighted by Gasteiger charge is 2.37. The molecule has 1 aliphatic rings. The quantitative estimate of drug-likeness (QED) is 0.752. The lowest BCUT2D eigenvalue weighted by Gasteiger charge is -2.27. The molecule has 0 aliphatic heterocycles. The van der Waals surface area contributed by atoms with Gasteiger partial charge in [0.15, 0.2) is 6.61 Å². The van der Waals surface area contributed by atoms with Crippen molar-refractivity contribution in [3.05, 3.63) is 30.3 Å². The molecule has 21 heavy (non-hydrogen) atoms. The summed E-state index contributed by atoms with van der Waals surface area (Å²) in [7, 11) is -3.96. The van der Waals surface area contributed by atoms with Gasteiger partial charge in [-0.25, -0.2) is 0 Å². The van der Waals surface area contributed by atoms with E-state index in [1.54, 1.807) is 18.2 Å². The Kier molecular flexibility index (Phi) is 5.47. The second kappa shape index (κ2) is 6.95. The lowest BCUT2D eigenvalue weighted by Crippen LogP contribution is -2.23. The lowest BCUT2D eigenvalue weighted by molar-refractivity contribution is -0.155. The summed E-state index contributed by atoms with van der Waals surface area (Å²) < 4.78 is 60.1. The summed E-state index contributed by atoms with van der Waals surface area (Å²) >= 11 is 0. The molecule has 1 unspecified atom stereocenters. The second-order valence-electron chi connectivity index (χ2n) is 5.09. The van der Waals surface area contributed by atoms with Crippen LogP contribution in [0.3, 0.4) is 0 Å². The van der Waals surface area contributed by atoms with E-state index in [0.717, 1.165) is 19.3 Å². The van der Waals surface area contributed by atoms with Gasteiger partial charge in [-0.15, -0.1) is 0 Å². The molecule has 0 aromatic heterocycles. The summed E-state index contributed by atoms with van der Waals surface area (Å²) in [5.74, 6) is 0. The van der Waals surface area contributed by atoms with Crippen LogP contribution in [0.2, 0.25) is 0 Å². The Bertz CT molecular complexity index is 484. The van der Waals surface area contributed by atoms with Crippen LogP contribution in [0.1, 0.15) is 32.1 Å². The van der Waals surface area contributed by atoms with Gasteiger partial charge in [-0.1, -0.05) is 37.5 Å². The van der Waals surface area contributed by atoms with E-state index in [9.17, 15) is 17.7 Å². The fourth-order valence-corrected chi connectivity index (χ4v) is 4.09. The topological polar surface area (TPSA) is 35.5 Å². The van der Waals surface area contributed by atoms with Crippen molar-refractivity contribution in [2.45, 2.75) is 44.4 Å². The van der Waals surface area contributed by atoms with Crippen LogP contribution in [0.5, 0.6) is 0 Å². The molecule has 3 nitrogen and oxygen atoms in total. The van der Waals surface area contributed by atoms with Crippen LogP contribution in [0.25, 0.3) is 0 Å². The van der Waals surface area contributed by atoms with Crippen LogP contribution in [0.4, 0.5) is 13.2 Å². The normalized spacial score (nSPS) is 20.1. The van der Waals surface area contributed by atoms with Crippen LogP contribution in [-0.2, 0) is 13.6 Å². The van der Waals surface area contributed by atoms with Crippen molar-refractivity contribution in [1.29, 1.82) is 0 Å². The SMILES string of the molecule is O=P(OCC(F)(F)F)(OC1CCCCC1)c1ccccc1. The fraction of sp³-hybridized carbons (Fsp3) is 0.571. The molecule has 0 radical (unpaired) electrons. The first-order valence-corrected chi connectivity index (χ1v) is 8.49. The first-order chi connectivity index (χ1) is 9.89. The van der Waals surface area contributed by atoms with Gasteiger partial charge in [-0.3, -0.25) is 9.09 Å². The minimum absolute atomic E-state index is 0.167. The number of rotatable bonds is 5. The zero-order valence-corrected chi connectivity index (χ0v) is 12.4. The average molecular weight is 322 g/mol. The molecule has 1 atom stereocenters. The Morgan fingerprint density at radius 1 is 1.10 bits per heavy atom. The highest BCUT2D eigenvalue weighted by molar-refractivity contribution is 7.62. The molecule has 0 saturated heterocycles. The maximum absolute atomic E-state index is 12.8. The zero-order valence-electron chi connectivity index (χ0n) is 11.5. The van der Waals surface area contributed by atoms with Crippen LogP contribution < -0.4 is 5.30 Å². The molecule has 0 amide bonds. The van der Waals surface area contributed by atoms with E-state index in [-0.39, 0.29) is 11.4 Å². The monoisotopic (exact) mass is 322 g/mol. The molecule has 7 heteroatoms. The van der Waals surface area contributed by atoms with Gasteiger partial charge in [-0.2, -0.15) is 13.2 Å². The molecule has 0 spiro atoms. The molecule has 2 rings (SSSR count). The average Bonchev–Trinajstić information content (AvgIpc) is 2.47. The van der Waals surface area contributed by atoms with E-state index in [1.165, 1.54) is 12.1 Å². The Labute approximate surface area is 122 Å². The number of alkyl halides is 3. The van der Waals surface area contributed by atoms with Crippen molar-refractivity contribution in [1.82, 2.24) is 0 Å². The molecule has 118 valence electrons. The summed E-state index contributed by atoms with van der Waals surface area (Å²) in [6, 6.07) is 7.84. The molecule has 1 saturated carbocycles. The van der Waals surface area contributed by atoms with E-state index in [1.807, 2.05) is 0 Å². The van der Waals surface area contributed by atoms with Gasteiger partial charge in [0.05, 0.1) is 11.4 Å². The van der Waals surface area contributed by atoms with Gasteiger partial charge >= 0.3 is 13.8 Å². The molecule has 1 aromatic rings. The van der Waals surface area contributed by atoms with Crippen molar-refractivity contribution >= 4 is 12.9 Å². The third kappa shape index (κ3) is 5.13. The third-order valence-corrected chi connectivity index (χ3v) is 5.29. The summed E-state index contributed by atoms with van der Waals surface area (Å²) in [5, 5.41) is 0.167. The molecular formula is C14H18F3O3P. The third-order valence-electron chi connectivity index (χ3n) is 3.31. The van der Waals surface area contributed by atoms with Crippen molar-refractivity contribution in [2.24, 2.45) is 0 Å². The molecule has 1 aliphatic carbocycles. The van der Waals surface area contributed by atoms with Gasteiger partial charge in [0, 0.05) is 0 Å². The van der Waals surface area contributed by atoms with Crippen molar-refractivity contribution in [3.63, 3.8) is 0 Å². The van der Waals surface area contributed by atoms with E-state index in [2.05, 4.69) is 0 Å². The van der Waals surface area contributed by atoms with E-state index >= 15 is 0 Å². The predicted molar refractivity (Wildman–Crippen MR) is 73.6 cm³/mol. The van der Waals surface area contributed by atoms with Gasteiger partial charge in [0.25, 0.3) is 0 Å². The molecule has 0 N–H and O–H groups in total. The minimum atomic E-state index is -4.54. The molecule has 0 heterocycles. The van der Waals surface area contributed by atoms with E-state index < -0.39 is 20.4 Å². The maximum atomic E-state index is 12.8. The molecule has 1 aromatic carbocycles. The minimum Gasteiger partial charge on any atom is -0.302 e. The van der Waals surface area contributed by atoms with Crippen LogP contribution >= 0.6 is 7.60 Å². The smallest absolute Gasteiger partial charge is 0.302 e. The Hall–Kier alpha value is -0.840. The van der Waals surface area contributed by atoms with Gasteiger partial charge in [0.1, 0.15) is 0 Å². The van der Waals surface area contributed by atoms with Crippen LogP contribution in [-0.4, -0.2) is 18.9 Å². The van der Waals surface area contributed by atoms with E-state index in [0.29, 0.717) is 12.8 Å².